The molecule has 0 aromatic rings. The second kappa shape index (κ2) is 10.7. The van der Waals surface area contributed by atoms with Gasteiger partial charge in [0.2, 0.25) is 0 Å². The number of hydrogen-bond acceptors (Lipinski definition) is 7. The summed E-state index contributed by atoms with van der Waals surface area (Å²) >= 11 is 0. The Hall–Kier alpha value is -0.700. The Bertz CT molecular complexity index is 788. The summed E-state index contributed by atoms with van der Waals surface area (Å²) in [5.74, 6) is -4.17. The van der Waals surface area contributed by atoms with Crippen molar-refractivity contribution in [1.29, 1.82) is 0 Å². The summed E-state index contributed by atoms with van der Waals surface area (Å²) in [6, 6.07) is -1.74. The van der Waals surface area contributed by atoms with E-state index in [0.29, 0.717) is 19.4 Å². The molecule has 7 nitrogen and oxygen atoms in total. The van der Waals surface area contributed by atoms with E-state index in [-0.39, 0.29) is 18.4 Å². The van der Waals surface area contributed by atoms with Crippen LogP contribution in [0.25, 0.3) is 0 Å². The van der Waals surface area contributed by atoms with E-state index in [1.165, 1.54) is 7.11 Å². The first-order chi connectivity index (χ1) is 17.5. The van der Waals surface area contributed by atoms with Gasteiger partial charge in [0.15, 0.2) is 0 Å². The summed E-state index contributed by atoms with van der Waals surface area (Å²) in [7, 11) is 1.45. The van der Waals surface area contributed by atoms with E-state index in [2.05, 4.69) is 16.2 Å². The number of halogens is 6. The third-order valence-corrected chi connectivity index (χ3v) is 9.48. The van der Waals surface area contributed by atoms with Crippen LogP contribution in [0.2, 0.25) is 0 Å². The molecule has 11 atom stereocenters. The summed E-state index contributed by atoms with van der Waals surface area (Å²) in [5, 5.41) is 3.10. The molecule has 214 valence electrons. The highest BCUT2D eigenvalue weighted by Gasteiger charge is 2.58. The zero-order valence-corrected chi connectivity index (χ0v) is 21.0. The highest BCUT2D eigenvalue weighted by molar-refractivity contribution is 5.03. The summed E-state index contributed by atoms with van der Waals surface area (Å²) in [4.78, 5) is 1.93. The van der Waals surface area contributed by atoms with Crippen LogP contribution in [0.1, 0.15) is 57.8 Å². The van der Waals surface area contributed by atoms with Gasteiger partial charge in [-0.25, -0.2) is 10.9 Å². The molecular formula is C24H39F6N5O2. The van der Waals surface area contributed by atoms with Gasteiger partial charge in [0.05, 0.1) is 24.2 Å². The van der Waals surface area contributed by atoms with Crippen LogP contribution in [-0.2, 0) is 9.47 Å². The topological polar surface area (TPSA) is 83.8 Å². The number of rotatable bonds is 1. The molecule has 1 saturated carbocycles. The molecule has 5 aliphatic rings. The number of nitrogens with zero attached hydrogens (tertiary/aromatic N) is 1. The Kier molecular flexibility index (Phi) is 8.05. The first kappa shape index (κ1) is 27.9. The minimum atomic E-state index is -4.56. The fourth-order valence-corrected chi connectivity index (χ4v) is 7.71. The third-order valence-electron chi connectivity index (χ3n) is 9.48. The van der Waals surface area contributed by atoms with Crippen LogP contribution in [0.4, 0.5) is 26.3 Å². The Morgan fingerprint density at radius 2 is 1.62 bits per heavy atom. The second-order valence-corrected chi connectivity index (χ2v) is 11.6. The zero-order valence-electron chi connectivity index (χ0n) is 21.0. The fraction of sp³-hybridized carbons (Fsp3) is 1.00. The minimum Gasteiger partial charge on any atom is -0.381 e. The summed E-state index contributed by atoms with van der Waals surface area (Å²) in [6.45, 7) is 0.549. The van der Waals surface area contributed by atoms with Crippen molar-refractivity contribution < 1.29 is 35.8 Å². The van der Waals surface area contributed by atoms with Crippen molar-refractivity contribution in [3.8, 4) is 0 Å². The monoisotopic (exact) mass is 543 g/mol. The highest BCUT2D eigenvalue weighted by Crippen LogP contribution is 2.47. The van der Waals surface area contributed by atoms with E-state index in [4.69, 9.17) is 15.2 Å². The Labute approximate surface area is 213 Å². The smallest absolute Gasteiger partial charge is 0.381 e. The van der Waals surface area contributed by atoms with Gasteiger partial charge in [0.25, 0.3) is 0 Å². The molecular weight excluding hydrogens is 504 g/mol. The molecule has 0 aromatic heterocycles. The average Bonchev–Trinajstić information content (AvgIpc) is 3.47. The van der Waals surface area contributed by atoms with Crippen LogP contribution >= 0.6 is 0 Å². The number of alkyl halides is 6. The van der Waals surface area contributed by atoms with Crippen molar-refractivity contribution in [2.24, 2.45) is 29.4 Å². The molecule has 0 aromatic carbocycles. The average molecular weight is 544 g/mol. The lowest BCUT2D eigenvalue weighted by atomic mass is 9.71. The molecule has 4 heterocycles. The molecule has 13 heteroatoms. The molecule has 0 amide bonds. The largest absolute Gasteiger partial charge is 0.396 e. The summed E-state index contributed by atoms with van der Waals surface area (Å²) in [6.07, 6.45) is -7.65. The van der Waals surface area contributed by atoms with Crippen molar-refractivity contribution in [1.82, 2.24) is 21.1 Å². The molecule has 0 radical (unpaired) electrons. The van der Waals surface area contributed by atoms with Crippen LogP contribution in [-0.4, -0.2) is 73.8 Å². The summed E-state index contributed by atoms with van der Waals surface area (Å²) < 4.78 is 97.5. The maximum Gasteiger partial charge on any atom is 0.396 e. The molecule has 37 heavy (non-hydrogen) atoms. The molecule has 5 N–H and O–H groups in total. The molecule has 6 bridgehead atoms. The molecule has 5 rings (SSSR count). The number of nitrogens with two attached hydrogens (primary N) is 1. The van der Waals surface area contributed by atoms with Crippen molar-refractivity contribution >= 4 is 0 Å². The number of ether oxygens (including phenoxy) is 2. The van der Waals surface area contributed by atoms with Gasteiger partial charge < -0.3 is 15.2 Å². The lowest BCUT2D eigenvalue weighted by Gasteiger charge is -2.48. The number of nitrogens with one attached hydrogen (secondary N) is 3. The van der Waals surface area contributed by atoms with Gasteiger partial charge in [0, 0.05) is 25.1 Å². The Balaban J connectivity index is 1.48. The zero-order chi connectivity index (χ0) is 26.5. The van der Waals surface area contributed by atoms with Crippen molar-refractivity contribution in [3.05, 3.63) is 0 Å². The van der Waals surface area contributed by atoms with Crippen LogP contribution in [0.5, 0.6) is 0 Å². The van der Waals surface area contributed by atoms with Gasteiger partial charge in [0.1, 0.15) is 18.4 Å². The Morgan fingerprint density at radius 1 is 0.892 bits per heavy atom. The number of hydrazine groups is 1. The lowest BCUT2D eigenvalue weighted by Crippen LogP contribution is -2.70. The highest BCUT2D eigenvalue weighted by atomic mass is 19.4. The van der Waals surface area contributed by atoms with Crippen LogP contribution in [0.3, 0.4) is 0 Å². The van der Waals surface area contributed by atoms with Crippen molar-refractivity contribution in [2.75, 3.05) is 13.7 Å². The van der Waals surface area contributed by atoms with Crippen molar-refractivity contribution in [3.63, 3.8) is 0 Å². The van der Waals surface area contributed by atoms with Gasteiger partial charge in [-0.2, -0.15) is 26.3 Å². The first-order valence-corrected chi connectivity index (χ1v) is 13.6. The SMILES string of the molecule is COC1CCC2CCC[C@@H]3CCCN3C3NC(C(N)CC3C(F)(F)F)C3NNC(O3)C(C(F)(F)F)C1C2. The van der Waals surface area contributed by atoms with Gasteiger partial charge >= 0.3 is 12.4 Å². The molecule has 4 saturated heterocycles. The molecule has 10 unspecified atom stereocenters. The normalized spacial score (nSPS) is 46.2. The summed E-state index contributed by atoms with van der Waals surface area (Å²) in [5.41, 5.74) is 11.7. The molecule has 1 aliphatic carbocycles. The maximum absolute atomic E-state index is 14.5. The Morgan fingerprint density at radius 3 is 2.32 bits per heavy atom. The van der Waals surface area contributed by atoms with E-state index in [1.807, 2.05) is 4.90 Å². The molecule has 0 spiro atoms. The van der Waals surface area contributed by atoms with E-state index >= 15 is 0 Å². The first-order valence-electron chi connectivity index (χ1n) is 13.6. The van der Waals surface area contributed by atoms with Crippen LogP contribution < -0.4 is 21.9 Å². The van der Waals surface area contributed by atoms with E-state index in [0.717, 1.165) is 38.5 Å². The quantitative estimate of drug-likeness (QED) is 0.378. The third kappa shape index (κ3) is 5.64. The van der Waals surface area contributed by atoms with Crippen molar-refractivity contribution in [2.45, 2.75) is 113 Å². The maximum atomic E-state index is 14.5. The van der Waals surface area contributed by atoms with Crippen LogP contribution in [0, 0.1) is 23.7 Å². The van der Waals surface area contributed by atoms with Gasteiger partial charge in [-0.05, 0) is 57.4 Å². The molecule has 5 fully saturated rings. The van der Waals surface area contributed by atoms with E-state index < -0.39 is 66.9 Å². The lowest BCUT2D eigenvalue weighted by molar-refractivity contribution is -0.241. The number of hydrogen-bond donors (Lipinski definition) is 4. The van der Waals surface area contributed by atoms with Gasteiger partial charge in [-0.15, -0.1) is 0 Å². The number of piperidine rings is 1. The second-order valence-electron chi connectivity index (χ2n) is 11.6. The van der Waals surface area contributed by atoms with Gasteiger partial charge in [-0.3, -0.25) is 10.2 Å². The van der Waals surface area contributed by atoms with Gasteiger partial charge in [-0.1, -0.05) is 12.8 Å². The molecule has 4 aliphatic heterocycles. The van der Waals surface area contributed by atoms with E-state index in [1.54, 1.807) is 0 Å². The fourth-order valence-electron chi connectivity index (χ4n) is 7.71. The van der Waals surface area contributed by atoms with Crippen LogP contribution in [0.15, 0.2) is 0 Å². The standard InChI is InChI=1S/C24H39F6N5O2/c1-36-17-8-7-12-4-2-5-13-6-3-9-35(13)20-15(23(25,26)27)11-16(31)19(32-20)22-34-33-21(37-22)18(14(17)10-12)24(28,29)30/h12-22,32-34H,2-11,31H2,1H3/t12?,13-,14?,15?,16?,17?,18?,19?,20?,21?,22?/m1/s1. The predicted octanol–water partition coefficient (Wildman–Crippen LogP) is 3.21. The number of fused-ring (bicyclic) bond motifs is 9. The predicted molar refractivity (Wildman–Crippen MR) is 123 cm³/mol. The minimum absolute atomic E-state index is 0.000170. The van der Waals surface area contributed by atoms with E-state index in [9.17, 15) is 26.3 Å². The number of methoxy groups -OCH3 is 1.